The predicted molar refractivity (Wildman–Crippen MR) is 105 cm³/mol. The Morgan fingerprint density at radius 1 is 1.25 bits per heavy atom. The lowest BCUT2D eigenvalue weighted by molar-refractivity contribution is -0.121. The molecule has 1 aliphatic heterocycles. The van der Waals surface area contributed by atoms with Crippen LogP contribution in [0.2, 0.25) is 0 Å². The number of aromatic nitrogens is 1. The van der Waals surface area contributed by atoms with Gasteiger partial charge in [-0.1, -0.05) is 24.3 Å². The van der Waals surface area contributed by atoms with E-state index in [1.807, 2.05) is 38.1 Å². The van der Waals surface area contributed by atoms with Crippen molar-refractivity contribution in [1.29, 1.82) is 0 Å². The van der Waals surface area contributed by atoms with Gasteiger partial charge in [-0.2, -0.15) is 0 Å². The van der Waals surface area contributed by atoms with Crippen LogP contribution in [0.1, 0.15) is 37.4 Å². The number of fused-ring (bicyclic) bond motifs is 2. The van der Waals surface area contributed by atoms with Crippen molar-refractivity contribution in [2.24, 2.45) is 0 Å². The Kier molecular flexibility index (Phi) is 4.41. The molecule has 4 rings (SSSR count). The van der Waals surface area contributed by atoms with Crippen molar-refractivity contribution in [1.82, 2.24) is 10.3 Å². The highest BCUT2D eigenvalue weighted by atomic mass is 19.1. The number of carbonyl (C=O) groups is 1. The Hall–Kier alpha value is -3.15. The average molecular weight is 380 g/mol. The van der Waals surface area contributed by atoms with E-state index in [4.69, 9.17) is 4.74 Å². The van der Waals surface area contributed by atoms with Crippen LogP contribution in [0, 0.1) is 5.82 Å². The van der Waals surface area contributed by atoms with Crippen molar-refractivity contribution in [2.45, 2.75) is 38.3 Å². The van der Waals surface area contributed by atoms with Crippen LogP contribution in [0.5, 0.6) is 5.75 Å². The summed E-state index contributed by atoms with van der Waals surface area (Å²) in [6.45, 7) is 3.79. The van der Waals surface area contributed by atoms with E-state index in [1.165, 1.54) is 12.1 Å². The molecule has 0 spiro atoms. The zero-order chi connectivity index (χ0) is 19.9. The third kappa shape index (κ3) is 3.63. The van der Waals surface area contributed by atoms with Gasteiger partial charge in [0.05, 0.1) is 12.5 Å². The molecule has 3 aromatic rings. The number of hydrogen-bond acceptors (Lipinski definition) is 3. The van der Waals surface area contributed by atoms with Crippen LogP contribution in [0.4, 0.5) is 4.39 Å². The number of hydrogen-bond donors (Lipinski definition) is 2. The number of ether oxygens (including phenoxy) is 1. The summed E-state index contributed by atoms with van der Waals surface area (Å²) in [5.41, 5.74) is 1.06. The molecule has 1 aromatic heterocycles. The molecule has 0 saturated heterocycles. The molecule has 144 valence electrons. The Morgan fingerprint density at radius 2 is 2.04 bits per heavy atom. The molecule has 2 aromatic carbocycles. The van der Waals surface area contributed by atoms with Gasteiger partial charge in [0, 0.05) is 29.1 Å². The van der Waals surface area contributed by atoms with Gasteiger partial charge in [0.15, 0.2) is 0 Å². The molecule has 2 heterocycles. The topological polar surface area (TPSA) is 71.2 Å². The number of benzene rings is 2. The molecule has 5 nitrogen and oxygen atoms in total. The number of pyridine rings is 1. The fourth-order valence-electron chi connectivity index (χ4n) is 3.70. The zero-order valence-corrected chi connectivity index (χ0v) is 15.7. The van der Waals surface area contributed by atoms with Crippen LogP contribution in [-0.2, 0) is 11.2 Å². The van der Waals surface area contributed by atoms with Crippen molar-refractivity contribution >= 4 is 16.8 Å². The molecular weight excluding hydrogens is 359 g/mol. The van der Waals surface area contributed by atoms with Gasteiger partial charge in [-0.15, -0.1) is 0 Å². The van der Waals surface area contributed by atoms with Gasteiger partial charge in [0.1, 0.15) is 17.2 Å². The first-order chi connectivity index (χ1) is 13.3. The van der Waals surface area contributed by atoms with E-state index >= 15 is 0 Å². The Morgan fingerprint density at radius 3 is 2.86 bits per heavy atom. The van der Waals surface area contributed by atoms with Gasteiger partial charge in [-0.25, -0.2) is 4.39 Å². The first-order valence-electron chi connectivity index (χ1n) is 9.19. The third-order valence-corrected chi connectivity index (χ3v) is 4.95. The molecule has 0 saturated carbocycles. The summed E-state index contributed by atoms with van der Waals surface area (Å²) < 4.78 is 19.4. The van der Waals surface area contributed by atoms with E-state index in [0.717, 1.165) is 16.5 Å². The lowest BCUT2D eigenvalue weighted by Gasteiger charge is -2.37. The first-order valence-corrected chi connectivity index (χ1v) is 9.19. The van der Waals surface area contributed by atoms with E-state index in [-0.39, 0.29) is 29.7 Å². The van der Waals surface area contributed by atoms with Gasteiger partial charge < -0.3 is 15.0 Å². The van der Waals surface area contributed by atoms with Crippen LogP contribution in [-0.4, -0.2) is 16.5 Å². The van der Waals surface area contributed by atoms with Crippen molar-refractivity contribution in [3.05, 3.63) is 75.8 Å². The number of H-pyrrole nitrogens is 1. The van der Waals surface area contributed by atoms with E-state index in [1.54, 1.807) is 12.1 Å². The number of amides is 1. The summed E-state index contributed by atoms with van der Waals surface area (Å²) in [7, 11) is 0. The Balaban J connectivity index is 1.57. The maximum absolute atomic E-state index is 13.6. The Labute approximate surface area is 161 Å². The van der Waals surface area contributed by atoms with E-state index in [2.05, 4.69) is 10.3 Å². The molecule has 1 aliphatic rings. The number of nitrogens with one attached hydrogen (secondary N) is 2. The van der Waals surface area contributed by atoms with Crippen LogP contribution in [0.25, 0.3) is 10.9 Å². The quantitative estimate of drug-likeness (QED) is 0.729. The highest BCUT2D eigenvalue weighted by Gasteiger charge is 2.34. The highest BCUT2D eigenvalue weighted by molar-refractivity contribution is 5.83. The number of para-hydroxylation sites is 1. The first kappa shape index (κ1) is 18.2. The molecule has 0 fully saturated rings. The van der Waals surface area contributed by atoms with Crippen molar-refractivity contribution in [3.63, 3.8) is 0 Å². The smallest absolute Gasteiger partial charge is 0.252 e. The fraction of sp³-hybridized carbons (Fsp3) is 0.273. The predicted octanol–water partition coefficient (Wildman–Crippen LogP) is 3.63. The lowest BCUT2D eigenvalue weighted by atomic mass is 9.89. The summed E-state index contributed by atoms with van der Waals surface area (Å²) >= 11 is 0. The van der Waals surface area contributed by atoms with Gasteiger partial charge in [0.2, 0.25) is 5.91 Å². The molecular formula is C22H21FN2O3. The van der Waals surface area contributed by atoms with Gasteiger partial charge >= 0.3 is 0 Å². The minimum absolute atomic E-state index is 0.0333. The van der Waals surface area contributed by atoms with Crippen molar-refractivity contribution < 1.29 is 13.9 Å². The largest absolute Gasteiger partial charge is 0.487 e. The summed E-state index contributed by atoms with van der Waals surface area (Å²) in [5.74, 6) is -0.215. The van der Waals surface area contributed by atoms with Crippen molar-refractivity contribution in [2.75, 3.05) is 0 Å². The second-order valence-corrected chi connectivity index (χ2v) is 7.76. The maximum Gasteiger partial charge on any atom is 0.252 e. The normalized spacial score (nSPS) is 17.6. The van der Waals surface area contributed by atoms with Crippen molar-refractivity contribution in [3.8, 4) is 5.75 Å². The molecule has 0 radical (unpaired) electrons. The second-order valence-electron chi connectivity index (χ2n) is 7.76. The van der Waals surface area contributed by atoms with E-state index in [0.29, 0.717) is 17.7 Å². The molecule has 28 heavy (non-hydrogen) atoms. The minimum Gasteiger partial charge on any atom is -0.487 e. The lowest BCUT2D eigenvalue weighted by Crippen LogP contribution is -2.42. The number of rotatable bonds is 3. The zero-order valence-electron chi connectivity index (χ0n) is 15.7. The van der Waals surface area contributed by atoms with E-state index in [9.17, 15) is 14.0 Å². The van der Waals surface area contributed by atoms with Crippen LogP contribution >= 0.6 is 0 Å². The molecule has 0 bridgehead atoms. The number of halogens is 1. The van der Waals surface area contributed by atoms with Crippen LogP contribution < -0.4 is 15.6 Å². The van der Waals surface area contributed by atoms with Gasteiger partial charge in [-0.05, 0) is 37.4 Å². The molecule has 6 heteroatoms. The summed E-state index contributed by atoms with van der Waals surface area (Å²) in [6.07, 6.45) is 0.514. The Bertz CT molecular complexity index is 1120. The monoisotopic (exact) mass is 380 g/mol. The summed E-state index contributed by atoms with van der Waals surface area (Å²) in [6, 6.07) is 13.2. The third-order valence-electron chi connectivity index (χ3n) is 4.95. The summed E-state index contributed by atoms with van der Waals surface area (Å²) in [4.78, 5) is 27.8. The molecule has 1 unspecified atom stereocenters. The number of carbonyl (C=O) groups excluding carboxylic acids is 1. The second kappa shape index (κ2) is 6.78. The standard InChI is InChI=1S/C22H21FN2O3/c1-22(2)12-18(16-8-7-15(23)11-19(16)28-22)24-20(26)10-14-9-13-5-3-4-6-17(13)25-21(14)27/h3-9,11,18H,10,12H2,1-2H3,(H,24,26)(H,25,27). The minimum atomic E-state index is -0.542. The van der Waals surface area contributed by atoms with Crippen LogP contribution in [0.15, 0.2) is 53.3 Å². The van der Waals surface area contributed by atoms with Gasteiger partial charge in [0.25, 0.3) is 5.56 Å². The average Bonchev–Trinajstić information content (AvgIpc) is 2.61. The summed E-state index contributed by atoms with van der Waals surface area (Å²) in [5, 5.41) is 3.85. The molecule has 1 atom stereocenters. The SMILES string of the molecule is CC1(C)CC(NC(=O)Cc2cc3ccccc3[nH]c2=O)c2ccc(F)cc2O1. The van der Waals surface area contributed by atoms with Gasteiger partial charge in [-0.3, -0.25) is 9.59 Å². The maximum atomic E-state index is 13.6. The number of aromatic amines is 1. The van der Waals surface area contributed by atoms with E-state index < -0.39 is 5.60 Å². The fourth-order valence-corrected chi connectivity index (χ4v) is 3.70. The highest BCUT2D eigenvalue weighted by Crippen LogP contribution is 2.39. The molecule has 0 aliphatic carbocycles. The molecule has 2 N–H and O–H groups in total. The molecule has 1 amide bonds. The van der Waals surface area contributed by atoms with Crippen LogP contribution in [0.3, 0.4) is 0 Å².